The van der Waals surface area contributed by atoms with Gasteiger partial charge in [0.25, 0.3) is 0 Å². The summed E-state index contributed by atoms with van der Waals surface area (Å²) in [4.78, 5) is 11.5. The van der Waals surface area contributed by atoms with Crippen LogP contribution in [0.1, 0.15) is 44.9 Å². The van der Waals surface area contributed by atoms with Gasteiger partial charge in [0.15, 0.2) is 0 Å². The van der Waals surface area contributed by atoms with E-state index in [2.05, 4.69) is 10.6 Å². The molecule has 2 aliphatic carbocycles. The maximum atomic E-state index is 11.5. The zero-order valence-electron chi connectivity index (χ0n) is 9.43. The molecule has 0 aromatic carbocycles. The summed E-state index contributed by atoms with van der Waals surface area (Å²) in [5.74, 6) is 1.04. The number of rotatable bonds is 5. The molecule has 3 heteroatoms. The smallest absolute Gasteiger partial charge is 0.234 e. The molecule has 0 spiro atoms. The molecule has 0 radical (unpaired) electrons. The second-order valence-corrected chi connectivity index (χ2v) is 4.98. The molecule has 0 saturated heterocycles. The summed E-state index contributed by atoms with van der Waals surface area (Å²) in [6, 6.07) is 0.453. The number of carbonyl (C=O) groups is 1. The fourth-order valence-corrected chi connectivity index (χ4v) is 2.24. The fraction of sp³-hybridized carbons (Fsp3) is 0.917. The molecule has 86 valence electrons. The van der Waals surface area contributed by atoms with Gasteiger partial charge in [0, 0.05) is 6.04 Å². The third-order valence-corrected chi connectivity index (χ3v) is 3.39. The van der Waals surface area contributed by atoms with Crippen molar-refractivity contribution in [1.29, 1.82) is 0 Å². The van der Waals surface area contributed by atoms with Gasteiger partial charge < -0.3 is 10.6 Å². The maximum Gasteiger partial charge on any atom is 0.234 e. The van der Waals surface area contributed by atoms with Crippen LogP contribution in [-0.2, 0) is 4.79 Å². The third kappa shape index (κ3) is 4.20. The first-order valence-corrected chi connectivity index (χ1v) is 6.34. The van der Waals surface area contributed by atoms with Crippen LogP contribution in [0.25, 0.3) is 0 Å². The van der Waals surface area contributed by atoms with Gasteiger partial charge >= 0.3 is 0 Å². The molecule has 0 heterocycles. The van der Waals surface area contributed by atoms with Crippen LogP contribution in [0.4, 0.5) is 0 Å². The molecule has 2 aliphatic rings. The molecule has 0 atom stereocenters. The highest BCUT2D eigenvalue weighted by Gasteiger charge is 2.21. The van der Waals surface area contributed by atoms with E-state index in [1.165, 1.54) is 44.9 Å². The minimum Gasteiger partial charge on any atom is -0.352 e. The zero-order chi connectivity index (χ0) is 10.5. The Labute approximate surface area is 92.0 Å². The molecule has 2 fully saturated rings. The summed E-state index contributed by atoms with van der Waals surface area (Å²) in [6.07, 6.45) is 8.93. The Kier molecular flexibility index (Phi) is 4.01. The van der Waals surface area contributed by atoms with E-state index in [1.807, 2.05) is 0 Å². The van der Waals surface area contributed by atoms with Crippen LogP contribution in [0.15, 0.2) is 0 Å². The first kappa shape index (κ1) is 10.9. The van der Waals surface area contributed by atoms with E-state index in [0.717, 1.165) is 12.5 Å². The SMILES string of the molecule is O=C(CNCC1CC1)NC1CCCCC1. The average Bonchev–Trinajstić information content (AvgIpc) is 3.03. The van der Waals surface area contributed by atoms with Gasteiger partial charge in [-0.3, -0.25) is 4.79 Å². The highest BCUT2D eigenvalue weighted by molar-refractivity contribution is 5.78. The molecule has 2 rings (SSSR count). The van der Waals surface area contributed by atoms with Crippen molar-refractivity contribution < 1.29 is 4.79 Å². The van der Waals surface area contributed by atoms with E-state index in [9.17, 15) is 4.79 Å². The van der Waals surface area contributed by atoms with Crippen LogP contribution < -0.4 is 10.6 Å². The van der Waals surface area contributed by atoms with Crippen LogP contribution in [0.5, 0.6) is 0 Å². The van der Waals surface area contributed by atoms with E-state index in [4.69, 9.17) is 0 Å². The molecule has 0 aromatic heterocycles. The number of carbonyl (C=O) groups excluding carboxylic acids is 1. The van der Waals surface area contributed by atoms with Gasteiger partial charge in [-0.15, -0.1) is 0 Å². The van der Waals surface area contributed by atoms with Gasteiger partial charge in [0.05, 0.1) is 6.54 Å². The Morgan fingerprint density at radius 1 is 1.07 bits per heavy atom. The first-order valence-electron chi connectivity index (χ1n) is 6.34. The van der Waals surface area contributed by atoms with E-state index in [0.29, 0.717) is 12.6 Å². The van der Waals surface area contributed by atoms with Crippen molar-refractivity contribution in [3.63, 3.8) is 0 Å². The standard InChI is InChI=1S/C12H22N2O/c15-12(9-13-8-10-6-7-10)14-11-4-2-1-3-5-11/h10-11,13H,1-9H2,(H,14,15). The highest BCUT2D eigenvalue weighted by Crippen LogP contribution is 2.27. The van der Waals surface area contributed by atoms with Gasteiger partial charge in [-0.25, -0.2) is 0 Å². The molecule has 1 amide bonds. The summed E-state index contributed by atoms with van der Waals surface area (Å²) >= 11 is 0. The fourth-order valence-electron chi connectivity index (χ4n) is 2.24. The monoisotopic (exact) mass is 210 g/mol. The second kappa shape index (κ2) is 5.50. The van der Waals surface area contributed by atoms with Crippen molar-refractivity contribution in [2.75, 3.05) is 13.1 Å². The normalized spacial score (nSPS) is 22.7. The highest BCUT2D eigenvalue weighted by atomic mass is 16.1. The predicted molar refractivity (Wildman–Crippen MR) is 60.6 cm³/mol. The van der Waals surface area contributed by atoms with E-state index >= 15 is 0 Å². The summed E-state index contributed by atoms with van der Waals surface area (Å²) in [5, 5.41) is 6.34. The Morgan fingerprint density at radius 2 is 1.80 bits per heavy atom. The molecule has 2 saturated carbocycles. The topological polar surface area (TPSA) is 41.1 Å². The summed E-state index contributed by atoms with van der Waals surface area (Å²) < 4.78 is 0. The molecular formula is C12H22N2O. The van der Waals surface area contributed by atoms with E-state index in [1.54, 1.807) is 0 Å². The van der Waals surface area contributed by atoms with Crippen molar-refractivity contribution >= 4 is 5.91 Å². The largest absolute Gasteiger partial charge is 0.352 e. The van der Waals surface area contributed by atoms with Crippen LogP contribution >= 0.6 is 0 Å². The summed E-state index contributed by atoms with van der Waals surface area (Å²) in [6.45, 7) is 1.53. The summed E-state index contributed by atoms with van der Waals surface area (Å²) in [5.41, 5.74) is 0. The van der Waals surface area contributed by atoms with Gasteiger partial charge in [-0.1, -0.05) is 19.3 Å². The lowest BCUT2D eigenvalue weighted by atomic mass is 9.95. The number of hydrogen-bond acceptors (Lipinski definition) is 2. The molecule has 0 aliphatic heterocycles. The zero-order valence-corrected chi connectivity index (χ0v) is 9.43. The Morgan fingerprint density at radius 3 is 2.47 bits per heavy atom. The van der Waals surface area contributed by atoms with E-state index < -0.39 is 0 Å². The lowest BCUT2D eigenvalue weighted by molar-refractivity contribution is -0.121. The molecule has 3 nitrogen and oxygen atoms in total. The maximum absolute atomic E-state index is 11.5. The van der Waals surface area contributed by atoms with Crippen molar-refractivity contribution in [3.8, 4) is 0 Å². The van der Waals surface area contributed by atoms with Crippen molar-refractivity contribution in [2.45, 2.75) is 51.0 Å². The third-order valence-electron chi connectivity index (χ3n) is 3.39. The van der Waals surface area contributed by atoms with Crippen LogP contribution in [0, 0.1) is 5.92 Å². The predicted octanol–water partition coefficient (Wildman–Crippen LogP) is 1.43. The lowest BCUT2D eigenvalue weighted by Gasteiger charge is -2.22. The van der Waals surface area contributed by atoms with E-state index in [-0.39, 0.29) is 5.91 Å². The minimum absolute atomic E-state index is 0.183. The molecular weight excluding hydrogens is 188 g/mol. The molecule has 2 N–H and O–H groups in total. The molecule has 0 aromatic rings. The van der Waals surface area contributed by atoms with Crippen LogP contribution in [-0.4, -0.2) is 25.0 Å². The number of nitrogens with one attached hydrogen (secondary N) is 2. The van der Waals surface area contributed by atoms with Crippen molar-refractivity contribution in [1.82, 2.24) is 10.6 Å². The van der Waals surface area contributed by atoms with Crippen molar-refractivity contribution in [2.24, 2.45) is 5.92 Å². The van der Waals surface area contributed by atoms with Gasteiger partial charge in [-0.05, 0) is 38.1 Å². The van der Waals surface area contributed by atoms with Crippen LogP contribution in [0.3, 0.4) is 0 Å². The summed E-state index contributed by atoms with van der Waals surface area (Å²) in [7, 11) is 0. The second-order valence-electron chi connectivity index (χ2n) is 4.98. The Bertz CT molecular complexity index is 208. The molecule has 15 heavy (non-hydrogen) atoms. The van der Waals surface area contributed by atoms with Crippen LogP contribution in [0.2, 0.25) is 0 Å². The Balaban J connectivity index is 1.54. The average molecular weight is 210 g/mol. The van der Waals surface area contributed by atoms with Gasteiger partial charge in [0.1, 0.15) is 0 Å². The number of amides is 1. The number of hydrogen-bond donors (Lipinski definition) is 2. The van der Waals surface area contributed by atoms with Gasteiger partial charge in [-0.2, -0.15) is 0 Å². The Hall–Kier alpha value is -0.570. The van der Waals surface area contributed by atoms with Crippen molar-refractivity contribution in [3.05, 3.63) is 0 Å². The lowest BCUT2D eigenvalue weighted by Crippen LogP contribution is -2.41. The molecule has 0 unspecified atom stereocenters. The first-order chi connectivity index (χ1) is 7.34. The minimum atomic E-state index is 0.183. The molecule has 0 bridgehead atoms. The van der Waals surface area contributed by atoms with Gasteiger partial charge in [0.2, 0.25) is 5.91 Å². The quantitative estimate of drug-likeness (QED) is 0.721.